The van der Waals surface area contributed by atoms with Crippen molar-refractivity contribution in [1.29, 1.82) is 0 Å². The number of carbonyl (C=O) groups excluding carboxylic acids is 2. The van der Waals surface area contributed by atoms with E-state index < -0.39 is 15.8 Å². The van der Waals surface area contributed by atoms with Crippen molar-refractivity contribution < 1.29 is 22.7 Å². The fourth-order valence-electron chi connectivity index (χ4n) is 4.16. The summed E-state index contributed by atoms with van der Waals surface area (Å²) in [6, 6.07) is 1.83. The van der Waals surface area contributed by atoms with E-state index >= 15 is 0 Å². The van der Waals surface area contributed by atoms with E-state index in [0.717, 1.165) is 24.2 Å². The first kappa shape index (κ1) is 20.9. The number of amides is 1. The third-order valence-corrected chi connectivity index (χ3v) is 7.65. The Balaban J connectivity index is 1.67. The highest BCUT2D eigenvalue weighted by Crippen LogP contribution is 2.38. The third kappa shape index (κ3) is 4.26. The number of aromatic nitrogens is 1. The molecule has 1 aliphatic heterocycles. The number of hydrogen-bond donors (Lipinski definition) is 0. The predicted octanol–water partition coefficient (Wildman–Crippen LogP) is 2.41. The number of ether oxygens (including phenoxy) is 1. The minimum Gasteiger partial charge on any atom is -0.452 e. The highest BCUT2D eigenvalue weighted by molar-refractivity contribution is 7.91. The lowest BCUT2D eigenvalue weighted by Gasteiger charge is -2.33. The fraction of sp³-hybridized carbons (Fsp3) is 0.700. The zero-order chi connectivity index (χ0) is 20.6. The monoisotopic (exact) mass is 410 g/mol. The predicted molar refractivity (Wildman–Crippen MR) is 106 cm³/mol. The molecule has 2 aliphatic rings. The van der Waals surface area contributed by atoms with Gasteiger partial charge in [-0.3, -0.25) is 4.79 Å². The number of esters is 1. The van der Waals surface area contributed by atoms with Crippen molar-refractivity contribution in [2.24, 2.45) is 0 Å². The molecule has 0 radical (unpaired) electrons. The summed E-state index contributed by atoms with van der Waals surface area (Å²) in [5.41, 5.74) is 2.39. The smallest absolute Gasteiger partial charge is 0.340 e. The van der Waals surface area contributed by atoms with Crippen LogP contribution in [0.4, 0.5) is 0 Å². The van der Waals surface area contributed by atoms with E-state index in [2.05, 4.69) is 4.57 Å². The Morgan fingerprint density at radius 1 is 1.29 bits per heavy atom. The highest BCUT2D eigenvalue weighted by Gasteiger charge is 2.37. The molecule has 0 unspecified atom stereocenters. The van der Waals surface area contributed by atoms with Gasteiger partial charge in [0.05, 0.1) is 17.1 Å². The number of carbonyl (C=O) groups is 2. The second-order valence-corrected chi connectivity index (χ2v) is 10.3. The zero-order valence-electron chi connectivity index (χ0n) is 17.1. The number of sulfone groups is 1. The summed E-state index contributed by atoms with van der Waals surface area (Å²) >= 11 is 0. The molecule has 7 nitrogen and oxygen atoms in total. The van der Waals surface area contributed by atoms with E-state index in [1.807, 2.05) is 33.8 Å². The Bertz CT molecular complexity index is 869. The van der Waals surface area contributed by atoms with Gasteiger partial charge in [0.15, 0.2) is 16.4 Å². The van der Waals surface area contributed by atoms with Crippen molar-refractivity contribution in [3.63, 3.8) is 0 Å². The largest absolute Gasteiger partial charge is 0.452 e. The lowest BCUT2D eigenvalue weighted by atomic mass is 10.1. The van der Waals surface area contributed by atoms with Crippen molar-refractivity contribution in [2.45, 2.75) is 71.5 Å². The number of aryl methyl sites for hydroxylation is 1. The summed E-state index contributed by atoms with van der Waals surface area (Å²) in [6.07, 6.45) is 3.39. The van der Waals surface area contributed by atoms with Crippen LogP contribution in [0.5, 0.6) is 0 Å². The minimum absolute atomic E-state index is 0.0143. The first-order valence-corrected chi connectivity index (χ1v) is 11.8. The van der Waals surface area contributed by atoms with Gasteiger partial charge in [0.1, 0.15) is 0 Å². The fourth-order valence-corrected chi connectivity index (χ4v) is 5.87. The summed E-state index contributed by atoms with van der Waals surface area (Å²) < 4.78 is 31.2. The Kier molecular flexibility index (Phi) is 5.89. The van der Waals surface area contributed by atoms with Crippen LogP contribution in [-0.4, -0.2) is 60.0 Å². The SMILES string of the molecule is CC[C@@H](C)N(C(=O)COC(=O)c1cc(C)n(C2CC2)c1C)[C@H]1CCS(=O)(=O)C1. The van der Waals surface area contributed by atoms with Crippen LogP contribution in [0.1, 0.15) is 67.3 Å². The lowest BCUT2D eigenvalue weighted by Crippen LogP contribution is -2.48. The molecule has 2 fully saturated rings. The molecule has 1 aliphatic carbocycles. The molecule has 0 bridgehead atoms. The molecule has 3 rings (SSSR count). The first-order chi connectivity index (χ1) is 13.1. The minimum atomic E-state index is -3.10. The molecular weight excluding hydrogens is 380 g/mol. The quantitative estimate of drug-likeness (QED) is 0.645. The van der Waals surface area contributed by atoms with Crippen LogP contribution in [0.2, 0.25) is 0 Å². The molecule has 2 atom stereocenters. The standard InChI is InChI=1S/C20H30N2O5S/c1-5-13(2)22(17-8-9-28(25,26)12-17)19(23)11-27-20(24)18-10-14(3)21(15(18)4)16-6-7-16/h10,13,16-17H,5-9,11-12H2,1-4H3/t13-,17+/m1/s1. The van der Waals surface area contributed by atoms with Gasteiger partial charge in [0, 0.05) is 29.5 Å². The van der Waals surface area contributed by atoms with Crippen molar-refractivity contribution >= 4 is 21.7 Å². The van der Waals surface area contributed by atoms with Crippen LogP contribution in [0.25, 0.3) is 0 Å². The second-order valence-electron chi connectivity index (χ2n) is 8.08. The van der Waals surface area contributed by atoms with E-state index in [1.54, 1.807) is 4.90 Å². The average molecular weight is 411 g/mol. The average Bonchev–Trinajstić information content (AvgIpc) is 3.33. The molecule has 0 aromatic carbocycles. The molecule has 1 saturated carbocycles. The normalized spacial score (nSPS) is 22.1. The van der Waals surface area contributed by atoms with Crippen molar-refractivity contribution in [3.8, 4) is 0 Å². The summed E-state index contributed by atoms with van der Waals surface area (Å²) in [5, 5.41) is 0. The van der Waals surface area contributed by atoms with Gasteiger partial charge in [-0.05, 0) is 52.5 Å². The second kappa shape index (κ2) is 7.89. The van der Waals surface area contributed by atoms with Gasteiger partial charge in [-0.1, -0.05) is 6.92 Å². The van der Waals surface area contributed by atoms with Crippen LogP contribution in [-0.2, 0) is 19.4 Å². The van der Waals surface area contributed by atoms with Crippen molar-refractivity contribution in [2.75, 3.05) is 18.1 Å². The summed E-state index contributed by atoms with van der Waals surface area (Å²) in [4.78, 5) is 27.0. The van der Waals surface area contributed by atoms with Crippen LogP contribution in [0.15, 0.2) is 6.07 Å². The summed E-state index contributed by atoms with van der Waals surface area (Å²) in [6.45, 7) is 7.35. The Labute approximate surface area is 166 Å². The molecule has 0 spiro atoms. The van der Waals surface area contributed by atoms with E-state index in [1.165, 1.54) is 0 Å². The molecule has 1 amide bonds. The first-order valence-electron chi connectivity index (χ1n) is 10.0. The molecule has 28 heavy (non-hydrogen) atoms. The topological polar surface area (TPSA) is 85.7 Å². The van der Waals surface area contributed by atoms with Crippen molar-refractivity contribution in [1.82, 2.24) is 9.47 Å². The summed E-state index contributed by atoms with van der Waals surface area (Å²) in [7, 11) is -3.10. The van der Waals surface area contributed by atoms with Gasteiger partial charge in [0.25, 0.3) is 5.91 Å². The van der Waals surface area contributed by atoms with E-state index in [4.69, 9.17) is 4.74 Å². The molecule has 0 N–H and O–H groups in total. The number of nitrogens with zero attached hydrogens (tertiary/aromatic N) is 2. The maximum Gasteiger partial charge on any atom is 0.340 e. The van der Waals surface area contributed by atoms with Gasteiger partial charge < -0.3 is 14.2 Å². The van der Waals surface area contributed by atoms with Gasteiger partial charge in [-0.2, -0.15) is 0 Å². The molecule has 1 aromatic rings. The molecule has 1 aromatic heterocycles. The van der Waals surface area contributed by atoms with Crippen LogP contribution in [0, 0.1) is 13.8 Å². The molecular formula is C20H30N2O5S. The van der Waals surface area contributed by atoms with E-state index in [0.29, 0.717) is 24.4 Å². The number of hydrogen-bond acceptors (Lipinski definition) is 5. The maximum absolute atomic E-state index is 12.8. The maximum atomic E-state index is 12.8. The van der Waals surface area contributed by atoms with Crippen LogP contribution >= 0.6 is 0 Å². The molecule has 8 heteroatoms. The molecule has 156 valence electrons. The number of rotatable bonds is 7. The van der Waals surface area contributed by atoms with E-state index in [-0.39, 0.29) is 36.1 Å². The molecule has 2 heterocycles. The lowest BCUT2D eigenvalue weighted by molar-refractivity contribution is -0.138. The summed E-state index contributed by atoms with van der Waals surface area (Å²) in [5.74, 6) is -0.748. The van der Waals surface area contributed by atoms with Gasteiger partial charge in [0.2, 0.25) is 0 Å². The third-order valence-electron chi connectivity index (χ3n) is 5.90. The molecule has 1 saturated heterocycles. The highest BCUT2D eigenvalue weighted by atomic mass is 32.2. The zero-order valence-corrected chi connectivity index (χ0v) is 17.9. The Morgan fingerprint density at radius 2 is 1.96 bits per heavy atom. The Hall–Kier alpha value is -1.83. The van der Waals surface area contributed by atoms with E-state index in [9.17, 15) is 18.0 Å². The van der Waals surface area contributed by atoms with Crippen LogP contribution in [0.3, 0.4) is 0 Å². The van der Waals surface area contributed by atoms with Gasteiger partial charge in [-0.15, -0.1) is 0 Å². The van der Waals surface area contributed by atoms with Crippen LogP contribution < -0.4 is 0 Å². The van der Waals surface area contributed by atoms with Crippen molar-refractivity contribution in [3.05, 3.63) is 23.0 Å². The Morgan fingerprint density at radius 3 is 2.50 bits per heavy atom. The van der Waals surface area contributed by atoms with Gasteiger partial charge in [-0.25, -0.2) is 13.2 Å². The van der Waals surface area contributed by atoms with Gasteiger partial charge >= 0.3 is 5.97 Å².